The summed E-state index contributed by atoms with van der Waals surface area (Å²) < 4.78 is 37.5. The lowest BCUT2D eigenvalue weighted by Crippen LogP contribution is -2.07. The minimum atomic E-state index is -4.39. The Labute approximate surface area is 85.2 Å². The SMILES string of the molecule is C/C(C=O)=C/c1ccccc1C(F)(F)F. The smallest absolute Gasteiger partial charge is 0.298 e. The van der Waals surface area contributed by atoms with E-state index in [4.69, 9.17) is 0 Å². The lowest BCUT2D eigenvalue weighted by molar-refractivity contribution is -0.137. The maximum Gasteiger partial charge on any atom is 0.416 e. The Bertz CT molecular complexity index is 391. The number of rotatable bonds is 2. The quantitative estimate of drug-likeness (QED) is 0.545. The van der Waals surface area contributed by atoms with Crippen LogP contribution in [-0.2, 0) is 11.0 Å². The summed E-state index contributed by atoms with van der Waals surface area (Å²) in [6.45, 7) is 1.46. The van der Waals surface area contributed by atoms with E-state index in [9.17, 15) is 18.0 Å². The molecule has 1 aromatic rings. The van der Waals surface area contributed by atoms with Crippen LogP contribution in [0, 0.1) is 0 Å². The van der Waals surface area contributed by atoms with E-state index in [1.54, 1.807) is 0 Å². The van der Waals surface area contributed by atoms with Crippen molar-refractivity contribution in [1.29, 1.82) is 0 Å². The summed E-state index contributed by atoms with van der Waals surface area (Å²) in [5.41, 5.74) is -0.465. The molecule has 0 fully saturated rings. The molecule has 15 heavy (non-hydrogen) atoms. The summed E-state index contributed by atoms with van der Waals surface area (Å²) in [7, 11) is 0. The van der Waals surface area contributed by atoms with Gasteiger partial charge in [-0.15, -0.1) is 0 Å². The fourth-order valence-electron chi connectivity index (χ4n) is 1.16. The number of hydrogen-bond acceptors (Lipinski definition) is 1. The first-order valence-corrected chi connectivity index (χ1v) is 4.25. The molecule has 0 saturated heterocycles. The van der Waals surface area contributed by atoms with Crippen LogP contribution in [0.3, 0.4) is 0 Å². The minimum Gasteiger partial charge on any atom is -0.298 e. The van der Waals surface area contributed by atoms with Crippen molar-refractivity contribution in [2.45, 2.75) is 13.1 Å². The Morgan fingerprint density at radius 3 is 2.40 bits per heavy atom. The van der Waals surface area contributed by atoms with Gasteiger partial charge in [0.1, 0.15) is 6.29 Å². The topological polar surface area (TPSA) is 17.1 Å². The second-order valence-corrected chi connectivity index (χ2v) is 3.09. The van der Waals surface area contributed by atoms with Crippen molar-refractivity contribution in [3.05, 3.63) is 41.0 Å². The zero-order valence-corrected chi connectivity index (χ0v) is 8.01. The molecule has 0 heterocycles. The highest BCUT2D eigenvalue weighted by molar-refractivity contribution is 5.81. The summed E-state index contributed by atoms with van der Waals surface area (Å²) >= 11 is 0. The zero-order chi connectivity index (χ0) is 11.5. The zero-order valence-electron chi connectivity index (χ0n) is 8.01. The van der Waals surface area contributed by atoms with Gasteiger partial charge in [-0.3, -0.25) is 4.79 Å². The van der Waals surface area contributed by atoms with Crippen LogP contribution in [-0.4, -0.2) is 6.29 Å². The molecule has 1 nitrogen and oxygen atoms in total. The summed E-state index contributed by atoms with van der Waals surface area (Å²) in [5, 5.41) is 0. The number of benzene rings is 1. The van der Waals surface area contributed by atoms with E-state index in [1.807, 2.05) is 0 Å². The first-order valence-electron chi connectivity index (χ1n) is 4.25. The first kappa shape index (κ1) is 11.5. The number of aldehydes is 1. The normalized spacial score (nSPS) is 12.7. The molecule has 1 rings (SSSR count). The van der Waals surface area contributed by atoms with Crippen LogP contribution in [0.2, 0.25) is 0 Å². The van der Waals surface area contributed by atoms with Gasteiger partial charge >= 0.3 is 6.18 Å². The van der Waals surface area contributed by atoms with E-state index in [0.717, 1.165) is 6.07 Å². The first-order chi connectivity index (χ1) is 6.95. The third-order valence-electron chi connectivity index (χ3n) is 1.84. The number of carbonyl (C=O) groups is 1. The van der Waals surface area contributed by atoms with Crippen molar-refractivity contribution in [3.63, 3.8) is 0 Å². The number of alkyl halides is 3. The van der Waals surface area contributed by atoms with Crippen LogP contribution in [0.1, 0.15) is 18.1 Å². The Balaban J connectivity index is 3.24. The minimum absolute atomic E-state index is 0.00889. The van der Waals surface area contributed by atoms with Crippen molar-refractivity contribution in [2.75, 3.05) is 0 Å². The second-order valence-electron chi connectivity index (χ2n) is 3.09. The number of hydrogen-bond donors (Lipinski definition) is 0. The Hall–Kier alpha value is -1.58. The van der Waals surface area contributed by atoms with Gasteiger partial charge in [-0.05, 0) is 30.2 Å². The Morgan fingerprint density at radius 1 is 1.27 bits per heavy atom. The third-order valence-corrected chi connectivity index (χ3v) is 1.84. The molecule has 0 aliphatic carbocycles. The molecule has 0 saturated carbocycles. The van der Waals surface area contributed by atoms with Crippen molar-refractivity contribution < 1.29 is 18.0 Å². The van der Waals surface area contributed by atoms with Crippen LogP contribution in [0.4, 0.5) is 13.2 Å². The molecule has 4 heteroatoms. The molecule has 80 valence electrons. The van der Waals surface area contributed by atoms with Crippen LogP contribution in [0.25, 0.3) is 6.08 Å². The van der Waals surface area contributed by atoms with Crippen molar-refractivity contribution in [1.82, 2.24) is 0 Å². The highest BCUT2D eigenvalue weighted by atomic mass is 19.4. The van der Waals surface area contributed by atoms with Gasteiger partial charge < -0.3 is 0 Å². The maximum absolute atomic E-state index is 12.5. The monoisotopic (exact) mass is 214 g/mol. The fourth-order valence-corrected chi connectivity index (χ4v) is 1.16. The number of carbonyl (C=O) groups excluding carboxylic acids is 1. The fraction of sp³-hybridized carbons (Fsp3) is 0.182. The third kappa shape index (κ3) is 2.94. The van der Waals surface area contributed by atoms with Gasteiger partial charge in [0, 0.05) is 0 Å². The lowest BCUT2D eigenvalue weighted by atomic mass is 10.1. The van der Waals surface area contributed by atoms with Gasteiger partial charge in [0.2, 0.25) is 0 Å². The Kier molecular flexibility index (Phi) is 3.29. The largest absolute Gasteiger partial charge is 0.416 e. The molecule has 0 atom stereocenters. The summed E-state index contributed by atoms with van der Waals surface area (Å²) in [5.74, 6) is 0. The standard InChI is InChI=1S/C11H9F3O/c1-8(7-15)6-9-4-2-3-5-10(9)11(12,13)14/h2-7H,1H3/b8-6-. The van der Waals surface area contributed by atoms with Crippen LogP contribution in [0.15, 0.2) is 29.8 Å². The highest BCUT2D eigenvalue weighted by Gasteiger charge is 2.32. The Morgan fingerprint density at radius 2 is 1.87 bits per heavy atom. The molecule has 0 N–H and O–H groups in total. The van der Waals surface area contributed by atoms with E-state index in [2.05, 4.69) is 0 Å². The molecule has 0 spiro atoms. The molecule has 1 aromatic carbocycles. The maximum atomic E-state index is 12.5. The van der Waals surface area contributed by atoms with Crippen LogP contribution >= 0.6 is 0 Å². The number of allylic oxidation sites excluding steroid dienone is 1. The summed E-state index contributed by atoms with van der Waals surface area (Å²) in [6.07, 6.45) is -2.65. The average Bonchev–Trinajstić information content (AvgIpc) is 2.17. The molecule has 0 aliphatic rings. The molecule has 0 bridgehead atoms. The van der Waals surface area contributed by atoms with Gasteiger partial charge in [-0.25, -0.2) is 0 Å². The molecular formula is C11H9F3O. The van der Waals surface area contributed by atoms with Gasteiger partial charge in [-0.2, -0.15) is 13.2 Å². The van der Waals surface area contributed by atoms with Crippen LogP contribution < -0.4 is 0 Å². The van der Waals surface area contributed by atoms with Gasteiger partial charge in [-0.1, -0.05) is 18.2 Å². The van der Waals surface area contributed by atoms with Crippen molar-refractivity contribution in [2.24, 2.45) is 0 Å². The van der Waals surface area contributed by atoms with E-state index in [0.29, 0.717) is 6.29 Å². The molecule has 0 aliphatic heterocycles. The molecular weight excluding hydrogens is 205 g/mol. The predicted octanol–water partition coefficient (Wildman–Crippen LogP) is 3.31. The van der Waals surface area contributed by atoms with Gasteiger partial charge in [0.05, 0.1) is 5.56 Å². The van der Waals surface area contributed by atoms with Gasteiger partial charge in [0.25, 0.3) is 0 Å². The van der Waals surface area contributed by atoms with Crippen molar-refractivity contribution in [3.8, 4) is 0 Å². The van der Waals surface area contributed by atoms with E-state index in [1.165, 1.54) is 31.2 Å². The summed E-state index contributed by atoms with van der Waals surface area (Å²) in [6, 6.07) is 5.13. The predicted molar refractivity (Wildman–Crippen MR) is 51.2 cm³/mol. The molecule has 0 aromatic heterocycles. The molecule has 0 unspecified atom stereocenters. The number of halogens is 3. The van der Waals surface area contributed by atoms with Gasteiger partial charge in [0.15, 0.2) is 0 Å². The average molecular weight is 214 g/mol. The second kappa shape index (κ2) is 4.29. The van der Waals surface area contributed by atoms with E-state index >= 15 is 0 Å². The van der Waals surface area contributed by atoms with Crippen LogP contribution in [0.5, 0.6) is 0 Å². The van der Waals surface area contributed by atoms with Crippen molar-refractivity contribution >= 4 is 12.4 Å². The lowest BCUT2D eigenvalue weighted by Gasteiger charge is -2.09. The van der Waals surface area contributed by atoms with E-state index < -0.39 is 11.7 Å². The molecule has 0 amide bonds. The highest BCUT2D eigenvalue weighted by Crippen LogP contribution is 2.32. The van der Waals surface area contributed by atoms with E-state index in [-0.39, 0.29) is 11.1 Å². The summed E-state index contributed by atoms with van der Waals surface area (Å²) in [4.78, 5) is 10.3. The molecule has 0 radical (unpaired) electrons.